The van der Waals surface area contributed by atoms with Crippen LogP contribution in [0.5, 0.6) is 11.5 Å². The van der Waals surface area contributed by atoms with Crippen molar-refractivity contribution in [3.8, 4) is 11.5 Å². The number of carbonyl (C=O) groups is 3. The molecule has 0 fully saturated rings. The molecule has 0 saturated carbocycles. The van der Waals surface area contributed by atoms with Crippen molar-refractivity contribution in [3.63, 3.8) is 0 Å². The number of nitrogens with one attached hydrogen (secondary N) is 3. The van der Waals surface area contributed by atoms with Gasteiger partial charge >= 0.3 is 11.8 Å². The van der Waals surface area contributed by atoms with Crippen LogP contribution in [-0.4, -0.2) is 56.4 Å². The lowest BCUT2D eigenvalue weighted by Crippen LogP contribution is -2.38. The molecule has 2 aromatic rings. The molecular weight excluding hydrogens is 464 g/mol. The maximum absolute atomic E-state index is 12.1. The number of ether oxygens (including phenoxy) is 3. The molecule has 0 aliphatic carbocycles. The van der Waals surface area contributed by atoms with Crippen molar-refractivity contribution in [1.29, 1.82) is 0 Å². The molecule has 0 bridgehead atoms. The van der Waals surface area contributed by atoms with Crippen molar-refractivity contribution in [2.45, 2.75) is 39.8 Å². The Bertz CT molecular complexity index is 1010. The lowest BCUT2D eigenvalue weighted by atomic mass is 10.2. The Kier molecular flexibility index (Phi) is 12.5. The van der Waals surface area contributed by atoms with E-state index >= 15 is 0 Å². The van der Waals surface area contributed by atoms with Gasteiger partial charge in [0.1, 0.15) is 0 Å². The number of nitrogens with zero attached hydrogens (tertiary/aromatic N) is 1. The monoisotopic (exact) mass is 498 g/mol. The number of hydrazone groups is 1. The smallest absolute Gasteiger partial charge is 0.329 e. The van der Waals surface area contributed by atoms with Crippen molar-refractivity contribution in [2.24, 2.45) is 5.10 Å². The molecule has 2 rings (SSSR count). The Balaban J connectivity index is 1.81. The number of carbonyl (C=O) groups excluding carboxylic acids is 3. The molecule has 10 nitrogen and oxygen atoms in total. The van der Waals surface area contributed by atoms with Crippen LogP contribution in [-0.2, 0) is 25.7 Å². The summed E-state index contributed by atoms with van der Waals surface area (Å²) in [5.41, 5.74) is 3.78. The quantitative estimate of drug-likeness (QED) is 0.159. The Hall–Kier alpha value is -3.92. The Morgan fingerprint density at radius 3 is 2.47 bits per heavy atom. The van der Waals surface area contributed by atoms with Crippen LogP contribution in [0.1, 0.15) is 38.3 Å². The molecule has 0 radical (unpaired) electrons. The standard InChI is InChI=1S/C26H34N4O6/c1-4-34-23-15-21(17-29-30-26(33)25(32)27-13-8-14-35-19(2)3)11-12-22(23)36-18-24(31)28-16-20-9-6-5-7-10-20/h5-7,9-12,15,17,19H,4,8,13-14,16,18H2,1-3H3,(H,27,32)(H,28,31)(H,30,33)/b29-17-. The summed E-state index contributed by atoms with van der Waals surface area (Å²) in [4.78, 5) is 35.8. The van der Waals surface area contributed by atoms with Gasteiger partial charge in [-0.2, -0.15) is 5.10 Å². The zero-order valence-corrected chi connectivity index (χ0v) is 20.9. The summed E-state index contributed by atoms with van der Waals surface area (Å²) in [6.45, 7) is 7.12. The summed E-state index contributed by atoms with van der Waals surface area (Å²) in [5.74, 6) is -1.09. The van der Waals surface area contributed by atoms with Crippen LogP contribution in [0.3, 0.4) is 0 Å². The van der Waals surface area contributed by atoms with E-state index in [1.165, 1.54) is 6.21 Å². The normalized spacial score (nSPS) is 10.8. The van der Waals surface area contributed by atoms with Gasteiger partial charge in [-0.05, 0) is 56.5 Å². The van der Waals surface area contributed by atoms with E-state index in [9.17, 15) is 14.4 Å². The van der Waals surface area contributed by atoms with Gasteiger partial charge in [0.2, 0.25) is 0 Å². The molecule has 0 unspecified atom stereocenters. The van der Waals surface area contributed by atoms with E-state index in [2.05, 4.69) is 21.2 Å². The van der Waals surface area contributed by atoms with E-state index in [1.54, 1.807) is 18.2 Å². The minimum absolute atomic E-state index is 0.117. The number of rotatable bonds is 14. The third kappa shape index (κ3) is 11.0. The fourth-order valence-electron chi connectivity index (χ4n) is 2.87. The number of amides is 3. The second-order valence-electron chi connectivity index (χ2n) is 7.92. The van der Waals surface area contributed by atoms with Gasteiger partial charge in [0, 0.05) is 19.7 Å². The first kappa shape index (κ1) is 28.3. The maximum Gasteiger partial charge on any atom is 0.329 e. The fraction of sp³-hybridized carbons (Fsp3) is 0.385. The molecule has 10 heteroatoms. The van der Waals surface area contributed by atoms with E-state index in [4.69, 9.17) is 14.2 Å². The molecule has 0 atom stereocenters. The summed E-state index contributed by atoms with van der Waals surface area (Å²) >= 11 is 0. The molecule has 0 aliphatic rings. The molecular formula is C26H34N4O6. The zero-order chi connectivity index (χ0) is 26.2. The van der Waals surface area contributed by atoms with E-state index < -0.39 is 11.8 Å². The van der Waals surface area contributed by atoms with Crippen LogP contribution >= 0.6 is 0 Å². The molecule has 36 heavy (non-hydrogen) atoms. The fourth-order valence-corrected chi connectivity index (χ4v) is 2.87. The number of hydrogen-bond donors (Lipinski definition) is 3. The van der Waals surface area contributed by atoms with E-state index in [0.717, 1.165) is 5.56 Å². The van der Waals surface area contributed by atoms with Crippen LogP contribution in [0.25, 0.3) is 0 Å². The van der Waals surface area contributed by atoms with Crippen molar-refractivity contribution in [1.82, 2.24) is 16.1 Å². The van der Waals surface area contributed by atoms with Gasteiger partial charge in [-0.25, -0.2) is 5.43 Å². The van der Waals surface area contributed by atoms with Gasteiger partial charge < -0.3 is 24.8 Å². The van der Waals surface area contributed by atoms with Gasteiger partial charge in [-0.3, -0.25) is 14.4 Å². The Morgan fingerprint density at radius 1 is 0.972 bits per heavy atom. The summed E-state index contributed by atoms with van der Waals surface area (Å²) in [6.07, 6.45) is 2.09. The van der Waals surface area contributed by atoms with E-state index in [-0.39, 0.29) is 18.6 Å². The van der Waals surface area contributed by atoms with Gasteiger partial charge in [0.05, 0.1) is 18.9 Å². The Morgan fingerprint density at radius 2 is 1.75 bits per heavy atom. The first-order valence-electron chi connectivity index (χ1n) is 11.8. The highest BCUT2D eigenvalue weighted by molar-refractivity contribution is 6.35. The molecule has 3 N–H and O–H groups in total. The topological polar surface area (TPSA) is 127 Å². The van der Waals surface area contributed by atoms with E-state index in [0.29, 0.717) is 49.8 Å². The SMILES string of the molecule is CCOc1cc(/C=N\NC(=O)C(=O)NCCCOC(C)C)ccc1OCC(=O)NCc1ccccc1. The van der Waals surface area contributed by atoms with Gasteiger partial charge in [0.25, 0.3) is 5.91 Å². The van der Waals surface area contributed by atoms with Crippen molar-refractivity contribution in [2.75, 3.05) is 26.4 Å². The zero-order valence-electron chi connectivity index (χ0n) is 20.9. The average Bonchev–Trinajstić information content (AvgIpc) is 2.87. The lowest BCUT2D eigenvalue weighted by molar-refractivity contribution is -0.139. The predicted molar refractivity (Wildman–Crippen MR) is 136 cm³/mol. The molecule has 2 aromatic carbocycles. The number of hydrogen-bond acceptors (Lipinski definition) is 7. The van der Waals surface area contributed by atoms with Gasteiger partial charge in [0.15, 0.2) is 18.1 Å². The summed E-state index contributed by atoms with van der Waals surface area (Å²) in [6, 6.07) is 14.6. The number of benzene rings is 2. The van der Waals surface area contributed by atoms with E-state index in [1.807, 2.05) is 51.1 Å². The molecule has 0 saturated heterocycles. The van der Waals surface area contributed by atoms with Crippen molar-refractivity contribution < 1.29 is 28.6 Å². The average molecular weight is 499 g/mol. The van der Waals surface area contributed by atoms with Crippen LogP contribution in [0.4, 0.5) is 0 Å². The van der Waals surface area contributed by atoms with Crippen LogP contribution in [0.2, 0.25) is 0 Å². The van der Waals surface area contributed by atoms with Crippen molar-refractivity contribution in [3.05, 3.63) is 59.7 Å². The summed E-state index contributed by atoms with van der Waals surface area (Å²) in [7, 11) is 0. The van der Waals surface area contributed by atoms with Crippen molar-refractivity contribution >= 4 is 23.9 Å². The minimum Gasteiger partial charge on any atom is -0.490 e. The Labute approximate surface area is 211 Å². The highest BCUT2D eigenvalue weighted by Gasteiger charge is 2.12. The van der Waals surface area contributed by atoms with Gasteiger partial charge in [-0.1, -0.05) is 30.3 Å². The second-order valence-corrected chi connectivity index (χ2v) is 7.92. The third-order valence-corrected chi connectivity index (χ3v) is 4.60. The molecule has 194 valence electrons. The highest BCUT2D eigenvalue weighted by atomic mass is 16.5. The largest absolute Gasteiger partial charge is 0.490 e. The molecule has 3 amide bonds. The minimum atomic E-state index is -0.873. The van der Waals surface area contributed by atoms with Crippen LogP contribution in [0.15, 0.2) is 53.6 Å². The molecule has 0 spiro atoms. The van der Waals surface area contributed by atoms with Crippen LogP contribution in [0, 0.1) is 0 Å². The summed E-state index contributed by atoms with van der Waals surface area (Å²) in [5, 5.41) is 9.12. The first-order valence-corrected chi connectivity index (χ1v) is 11.8. The maximum atomic E-state index is 12.1. The highest BCUT2D eigenvalue weighted by Crippen LogP contribution is 2.28. The molecule has 0 aromatic heterocycles. The van der Waals surface area contributed by atoms with Crippen LogP contribution < -0.4 is 25.5 Å². The molecule has 0 heterocycles. The molecule has 0 aliphatic heterocycles. The lowest BCUT2D eigenvalue weighted by Gasteiger charge is -2.12. The first-order chi connectivity index (χ1) is 17.4. The van der Waals surface area contributed by atoms with Gasteiger partial charge in [-0.15, -0.1) is 0 Å². The predicted octanol–water partition coefficient (Wildman–Crippen LogP) is 2.16. The summed E-state index contributed by atoms with van der Waals surface area (Å²) < 4.78 is 16.6. The second kappa shape index (κ2) is 15.9. The third-order valence-electron chi connectivity index (χ3n) is 4.60.